The standard InChI is InChI=1S/C16H27N3O/c1-5-18-16(3,15(17)20)10-7-11-19(4)14-9-6-8-13(2)12-14/h6,8-9,12,18H,5,7,10-11H2,1-4H3,(H2,17,20). The number of benzene rings is 1. The zero-order valence-corrected chi connectivity index (χ0v) is 13.1. The average molecular weight is 277 g/mol. The highest BCUT2D eigenvalue weighted by molar-refractivity contribution is 5.84. The van der Waals surface area contributed by atoms with Crippen molar-refractivity contribution in [2.45, 2.75) is 39.2 Å². The summed E-state index contributed by atoms with van der Waals surface area (Å²) in [6.07, 6.45) is 1.66. The lowest BCUT2D eigenvalue weighted by Gasteiger charge is -2.28. The molecule has 0 aliphatic heterocycles. The van der Waals surface area contributed by atoms with Gasteiger partial charge >= 0.3 is 0 Å². The molecule has 0 fully saturated rings. The van der Waals surface area contributed by atoms with Crippen molar-refractivity contribution in [3.05, 3.63) is 29.8 Å². The number of hydrogen-bond donors (Lipinski definition) is 2. The number of nitrogens with zero attached hydrogens (tertiary/aromatic N) is 1. The van der Waals surface area contributed by atoms with Crippen molar-refractivity contribution in [3.63, 3.8) is 0 Å². The van der Waals surface area contributed by atoms with E-state index in [9.17, 15) is 4.79 Å². The van der Waals surface area contributed by atoms with Gasteiger partial charge in [-0.15, -0.1) is 0 Å². The molecule has 112 valence electrons. The van der Waals surface area contributed by atoms with Crippen molar-refractivity contribution in [2.24, 2.45) is 5.73 Å². The van der Waals surface area contributed by atoms with Gasteiger partial charge in [0.05, 0.1) is 5.54 Å². The van der Waals surface area contributed by atoms with E-state index in [4.69, 9.17) is 5.73 Å². The first kappa shape index (κ1) is 16.5. The third-order valence-corrected chi connectivity index (χ3v) is 3.72. The van der Waals surface area contributed by atoms with Crippen LogP contribution in [0.3, 0.4) is 0 Å². The zero-order valence-electron chi connectivity index (χ0n) is 13.1. The summed E-state index contributed by atoms with van der Waals surface area (Å²) in [7, 11) is 2.07. The quantitative estimate of drug-likeness (QED) is 0.765. The number of primary amides is 1. The Morgan fingerprint density at radius 3 is 2.70 bits per heavy atom. The normalized spacial score (nSPS) is 13.8. The van der Waals surface area contributed by atoms with Gasteiger partial charge in [0.25, 0.3) is 0 Å². The second-order valence-corrected chi connectivity index (χ2v) is 5.59. The van der Waals surface area contributed by atoms with Gasteiger partial charge in [0, 0.05) is 19.3 Å². The number of nitrogens with one attached hydrogen (secondary N) is 1. The van der Waals surface area contributed by atoms with Gasteiger partial charge < -0.3 is 16.0 Å². The molecule has 4 nitrogen and oxygen atoms in total. The minimum Gasteiger partial charge on any atom is -0.375 e. The molecular weight excluding hydrogens is 250 g/mol. The smallest absolute Gasteiger partial charge is 0.237 e. The highest BCUT2D eigenvalue weighted by Gasteiger charge is 2.29. The Labute approximate surface area is 122 Å². The Kier molecular flexibility index (Phi) is 6.02. The van der Waals surface area contributed by atoms with Crippen molar-refractivity contribution < 1.29 is 4.79 Å². The molecule has 0 saturated heterocycles. The van der Waals surface area contributed by atoms with Crippen LogP contribution in [0.15, 0.2) is 24.3 Å². The van der Waals surface area contributed by atoms with Crippen molar-refractivity contribution >= 4 is 11.6 Å². The molecule has 1 atom stereocenters. The predicted molar refractivity (Wildman–Crippen MR) is 85.0 cm³/mol. The molecule has 1 aromatic carbocycles. The molecule has 3 N–H and O–H groups in total. The summed E-state index contributed by atoms with van der Waals surface area (Å²) in [5, 5.41) is 3.19. The molecule has 0 spiro atoms. The maximum atomic E-state index is 11.5. The van der Waals surface area contributed by atoms with E-state index in [1.165, 1.54) is 11.3 Å². The number of nitrogens with two attached hydrogens (primary N) is 1. The Morgan fingerprint density at radius 2 is 2.15 bits per heavy atom. The summed E-state index contributed by atoms with van der Waals surface area (Å²) >= 11 is 0. The molecule has 1 amide bonds. The van der Waals surface area contributed by atoms with E-state index in [0.717, 1.165) is 25.9 Å². The van der Waals surface area contributed by atoms with Crippen LogP contribution in [0, 0.1) is 6.92 Å². The van der Waals surface area contributed by atoms with E-state index in [1.807, 2.05) is 13.8 Å². The van der Waals surface area contributed by atoms with E-state index < -0.39 is 5.54 Å². The van der Waals surface area contributed by atoms with Gasteiger partial charge in [-0.05, 0) is 50.9 Å². The molecule has 20 heavy (non-hydrogen) atoms. The van der Waals surface area contributed by atoms with Crippen LogP contribution in [0.2, 0.25) is 0 Å². The van der Waals surface area contributed by atoms with Crippen molar-refractivity contribution in [1.82, 2.24) is 5.32 Å². The molecule has 1 rings (SSSR count). The molecule has 0 bridgehead atoms. The van der Waals surface area contributed by atoms with E-state index in [-0.39, 0.29) is 5.91 Å². The summed E-state index contributed by atoms with van der Waals surface area (Å²) in [6, 6.07) is 8.42. The Balaban J connectivity index is 2.52. The molecule has 0 heterocycles. The van der Waals surface area contributed by atoms with Gasteiger partial charge in [-0.1, -0.05) is 19.1 Å². The lowest BCUT2D eigenvalue weighted by atomic mass is 9.94. The van der Waals surface area contributed by atoms with Gasteiger partial charge in [-0.25, -0.2) is 0 Å². The van der Waals surface area contributed by atoms with Crippen LogP contribution in [0.4, 0.5) is 5.69 Å². The van der Waals surface area contributed by atoms with Gasteiger partial charge in [-0.3, -0.25) is 4.79 Å². The maximum Gasteiger partial charge on any atom is 0.237 e. The summed E-state index contributed by atoms with van der Waals surface area (Å²) in [4.78, 5) is 13.8. The largest absolute Gasteiger partial charge is 0.375 e. The Bertz CT molecular complexity index is 447. The molecule has 1 unspecified atom stereocenters. The minimum absolute atomic E-state index is 0.280. The summed E-state index contributed by atoms with van der Waals surface area (Å²) in [6.45, 7) is 7.60. The Hall–Kier alpha value is -1.55. The summed E-state index contributed by atoms with van der Waals surface area (Å²) < 4.78 is 0. The van der Waals surface area contributed by atoms with Crippen LogP contribution in [0.1, 0.15) is 32.3 Å². The third-order valence-electron chi connectivity index (χ3n) is 3.72. The molecule has 0 aliphatic carbocycles. The number of hydrogen-bond acceptors (Lipinski definition) is 3. The Morgan fingerprint density at radius 1 is 1.45 bits per heavy atom. The SMILES string of the molecule is CCNC(C)(CCCN(C)c1cccc(C)c1)C(N)=O. The summed E-state index contributed by atoms with van der Waals surface area (Å²) in [5.41, 5.74) is 7.34. The lowest BCUT2D eigenvalue weighted by molar-refractivity contribution is -0.124. The van der Waals surface area contributed by atoms with Crippen LogP contribution in [-0.2, 0) is 4.79 Å². The van der Waals surface area contributed by atoms with Gasteiger partial charge in [0.15, 0.2) is 0 Å². The highest BCUT2D eigenvalue weighted by Crippen LogP contribution is 2.17. The number of carbonyl (C=O) groups is 1. The number of carbonyl (C=O) groups excluding carboxylic acids is 1. The monoisotopic (exact) mass is 277 g/mol. The fourth-order valence-corrected chi connectivity index (χ4v) is 2.35. The zero-order chi connectivity index (χ0) is 15.2. The average Bonchev–Trinajstić information content (AvgIpc) is 2.38. The van der Waals surface area contributed by atoms with Gasteiger partial charge in [0.2, 0.25) is 5.91 Å². The topological polar surface area (TPSA) is 58.4 Å². The first-order valence-electron chi connectivity index (χ1n) is 7.22. The van der Waals surface area contributed by atoms with E-state index in [2.05, 4.69) is 48.5 Å². The molecule has 4 heteroatoms. The predicted octanol–water partition coefficient (Wildman–Crippen LogP) is 2.06. The minimum atomic E-state index is -0.609. The maximum absolute atomic E-state index is 11.5. The fourth-order valence-electron chi connectivity index (χ4n) is 2.35. The van der Waals surface area contributed by atoms with E-state index >= 15 is 0 Å². The van der Waals surface area contributed by atoms with Gasteiger partial charge in [0.1, 0.15) is 0 Å². The number of likely N-dealkylation sites (N-methyl/N-ethyl adjacent to an activating group) is 1. The number of aryl methyl sites for hydroxylation is 1. The van der Waals surface area contributed by atoms with Crippen LogP contribution in [-0.4, -0.2) is 31.6 Å². The molecule has 0 aliphatic rings. The van der Waals surface area contributed by atoms with Gasteiger partial charge in [-0.2, -0.15) is 0 Å². The molecule has 0 aromatic heterocycles. The highest BCUT2D eigenvalue weighted by atomic mass is 16.1. The second kappa shape index (κ2) is 7.29. The molecule has 0 saturated carbocycles. The first-order chi connectivity index (χ1) is 9.39. The van der Waals surface area contributed by atoms with E-state index in [1.54, 1.807) is 0 Å². The lowest BCUT2D eigenvalue weighted by Crippen LogP contribution is -2.53. The summed E-state index contributed by atoms with van der Waals surface area (Å²) in [5.74, 6) is -0.280. The molecular formula is C16H27N3O. The first-order valence-corrected chi connectivity index (χ1v) is 7.22. The van der Waals surface area contributed by atoms with Crippen LogP contribution >= 0.6 is 0 Å². The van der Waals surface area contributed by atoms with Crippen LogP contribution in [0.5, 0.6) is 0 Å². The van der Waals surface area contributed by atoms with Crippen LogP contribution in [0.25, 0.3) is 0 Å². The second-order valence-electron chi connectivity index (χ2n) is 5.59. The fraction of sp³-hybridized carbons (Fsp3) is 0.562. The molecule has 1 aromatic rings. The third kappa shape index (κ3) is 4.53. The number of anilines is 1. The van der Waals surface area contributed by atoms with Crippen LogP contribution < -0.4 is 16.0 Å². The number of rotatable bonds is 8. The van der Waals surface area contributed by atoms with Crippen molar-refractivity contribution in [2.75, 3.05) is 25.0 Å². The molecule has 0 radical (unpaired) electrons. The van der Waals surface area contributed by atoms with Crippen molar-refractivity contribution in [1.29, 1.82) is 0 Å². The number of amides is 1. The van der Waals surface area contributed by atoms with Crippen molar-refractivity contribution in [3.8, 4) is 0 Å². The van der Waals surface area contributed by atoms with E-state index in [0.29, 0.717) is 0 Å².